The van der Waals surface area contributed by atoms with Crippen molar-refractivity contribution in [1.29, 1.82) is 0 Å². The molecule has 2 radical (unpaired) electrons. The van der Waals surface area contributed by atoms with Crippen LogP contribution in [0.5, 0.6) is 0 Å². The molecule has 0 amide bonds. The zero-order valence-electron chi connectivity index (χ0n) is 17.0. The van der Waals surface area contributed by atoms with Crippen LogP contribution in [-0.2, 0) is 0 Å². The molecule has 0 bridgehead atoms. The van der Waals surface area contributed by atoms with Gasteiger partial charge in [0.15, 0.2) is 0 Å². The van der Waals surface area contributed by atoms with E-state index in [0.29, 0.717) is 5.84 Å². The molecule has 0 aliphatic carbocycles. The standard InChI is InChI=1S/C21H19N2.C6H5.Pb/c1-16-11-13-18(14-12-16)19-9-5-6-10-20(19)21(22)23-15-17-7-3-2-4-8-17;1-2-4-6-5-3-1;/h2-15H,1H3,(H2,22,23);1-5H;. The molecule has 1 unspecified atom stereocenters. The Morgan fingerprint density at radius 3 is 2.03 bits per heavy atom. The van der Waals surface area contributed by atoms with Crippen molar-refractivity contribution >= 4 is 33.2 Å². The topological polar surface area (TPSA) is 38.4 Å². The van der Waals surface area contributed by atoms with Crippen LogP contribution < -0.4 is 8.86 Å². The van der Waals surface area contributed by atoms with Crippen LogP contribution in [0.4, 0.5) is 0 Å². The molecule has 4 aromatic carbocycles. The Kier molecular flexibility index (Phi) is 6.74. The van der Waals surface area contributed by atoms with Gasteiger partial charge < -0.3 is 0 Å². The van der Waals surface area contributed by atoms with Gasteiger partial charge in [-0.1, -0.05) is 0 Å². The van der Waals surface area contributed by atoms with Crippen molar-refractivity contribution in [3.8, 4) is 11.1 Å². The third-order valence-corrected chi connectivity index (χ3v) is 10.5. The molecule has 3 heteroatoms. The van der Waals surface area contributed by atoms with E-state index >= 15 is 0 Å². The minimum atomic E-state index is -1.29. The predicted octanol–water partition coefficient (Wildman–Crippen LogP) is 5.10. The first-order chi connectivity index (χ1) is 14.7. The molecule has 4 aromatic rings. The van der Waals surface area contributed by atoms with E-state index < -0.39 is 24.2 Å². The second-order valence-electron chi connectivity index (χ2n) is 7.25. The van der Waals surface area contributed by atoms with Crippen LogP contribution in [0.2, 0.25) is 0 Å². The maximum atomic E-state index is 6.64. The molecule has 4 rings (SSSR count). The summed E-state index contributed by atoms with van der Waals surface area (Å²) < 4.78 is 1.59. The Morgan fingerprint density at radius 1 is 0.733 bits per heavy atom. The van der Waals surface area contributed by atoms with Crippen molar-refractivity contribution < 1.29 is 0 Å². The number of nitrogens with two attached hydrogens (primary N) is 1. The van der Waals surface area contributed by atoms with Crippen LogP contribution in [0.25, 0.3) is 11.1 Å². The van der Waals surface area contributed by atoms with Crippen molar-refractivity contribution in [1.82, 2.24) is 0 Å². The van der Waals surface area contributed by atoms with Crippen LogP contribution in [0, 0.1) is 6.92 Å². The number of hydrogen-bond acceptors (Lipinski definition) is 1. The molecule has 0 heterocycles. The van der Waals surface area contributed by atoms with Gasteiger partial charge in [0.1, 0.15) is 0 Å². The Hall–Kier alpha value is -2.73. The van der Waals surface area contributed by atoms with Gasteiger partial charge in [0.25, 0.3) is 0 Å². The number of benzene rings is 4. The van der Waals surface area contributed by atoms with Gasteiger partial charge in [0.2, 0.25) is 0 Å². The normalized spacial score (nSPS) is 12.5. The van der Waals surface area contributed by atoms with E-state index in [-0.39, 0.29) is 3.60 Å². The zero-order valence-corrected chi connectivity index (χ0v) is 20.9. The Bertz CT molecular complexity index is 1120. The zero-order chi connectivity index (χ0) is 20.8. The van der Waals surface area contributed by atoms with Gasteiger partial charge in [-0.15, -0.1) is 0 Å². The van der Waals surface area contributed by atoms with E-state index in [1.807, 2.05) is 6.07 Å². The molecule has 146 valence electrons. The van der Waals surface area contributed by atoms with Gasteiger partial charge in [-0.25, -0.2) is 0 Å². The fourth-order valence-corrected chi connectivity index (χ4v) is 8.33. The molecule has 0 spiro atoms. The number of rotatable bonds is 6. The van der Waals surface area contributed by atoms with Gasteiger partial charge >= 0.3 is 191 Å². The van der Waals surface area contributed by atoms with E-state index in [2.05, 4.69) is 110 Å². The van der Waals surface area contributed by atoms with Gasteiger partial charge in [-0.05, 0) is 0 Å². The van der Waals surface area contributed by atoms with Crippen LogP contribution in [0.15, 0.2) is 114 Å². The average molecular weight is 584 g/mol. The van der Waals surface area contributed by atoms with Crippen LogP contribution in [0.3, 0.4) is 0 Å². The molecule has 0 aromatic heterocycles. The van der Waals surface area contributed by atoms with Crippen LogP contribution in [-0.4, -0.2) is 30.1 Å². The van der Waals surface area contributed by atoms with Crippen molar-refractivity contribution in [2.45, 2.75) is 10.5 Å². The average Bonchev–Trinajstić information content (AvgIpc) is 2.80. The molecular weight excluding hydrogens is 560 g/mol. The summed E-state index contributed by atoms with van der Waals surface area (Å²) in [6, 6.07) is 38.2. The number of amidine groups is 1. The van der Waals surface area contributed by atoms with Crippen molar-refractivity contribution in [2.24, 2.45) is 10.7 Å². The molecule has 0 saturated heterocycles. The van der Waals surface area contributed by atoms with Gasteiger partial charge in [-0.2, -0.15) is 0 Å². The van der Waals surface area contributed by atoms with Crippen molar-refractivity contribution in [3.63, 3.8) is 0 Å². The third-order valence-electron chi connectivity index (χ3n) is 5.03. The number of nitrogens with zero attached hydrogens (tertiary/aromatic N) is 1. The van der Waals surface area contributed by atoms with Crippen LogP contribution in [0.1, 0.15) is 20.3 Å². The first kappa shape index (κ1) is 20.5. The van der Waals surface area contributed by atoms with Gasteiger partial charge in [0, 0.05) is 0 Å². The molecule has 2 nitrogen and oxygen atoms in total. The van der Waals surface area contributed by atoms with Crippen molar-refractivity contribution in [3.05, 3.63) is 126 Å². The quantitative estimate of drug-likeness (QED) is 0.192. The van der Waals surface area contributed by atoms with Crippen LogP contribution >= 0.6 is 0 Å². The molecule has 1 atom stereocenters. The first-order valence-corrected chi connectivity index (χ1v) is 14.3. The molecule has 0 saturated carbocycles. The minimum absolute atomic E-state index is 0.152. The fraction of sp³-hybridized carbons (Fsp3) is 0.0741. The fourth-order valence-electron chi connectivity index (χ4n) is 3.42. The number of aliphatic imine (C=N–C) groups is 1. The first-order valence-electron chi connectivity index (χ1n) is 10.1. The van der Waals surface area contributed by atoms with E-state index in [1.165, 1.54) is 14.2 Å². The monoisotopic (exact) mass is 584 g/mol. The molecule has 0 fully saturated rings. The number of aryl methyl sites for hydroxylation is 1. The summed E-state index contributed by atoms with van der Waals surface area (Å²) in [6.07, 6.45) is 0. The maximum absolute atomic E-state index is 6.64. The van der Waals surface area contributed by atoms with E-state index in [1.54, 1.807) is 0 Å². The number of hydrogen-bond donors (Lipinski definition) is 1. The summed E-state index contributed by atoms with van der Waals surface area (Å²) in [4.78, 5) is 5.10. The van der Waals surface area contributed by atoms with Crippen molar-refractivity contribution in [2.75, 3.05) is 0 Å². The summed E-state index contributed by atoms with van der Waals surface area (Å²) in [5.41, 5.74) is 12.4. The van der Waals surface area contributed by atoms with Gasteiger partial charge in [0.05, 0.1) is 0 Å². The molecule has 0 aliphatic heterocycles. The summed E-state index contributed by atoms with van der Waals surface area (Å²) in [6.45, 7) is 2.10. The molecule has 30 heavy (non-hydrogen) atoms. The predicted molar refractivity (Wildman–Crippen MR) is 128 cm³/mol. The van der Waals surface area contributed by atoms with E-state index in [9.17, 15) is 0 Å². The molecular formula is C27H24N2Pb. The summed E-state index contributed by atoms with van der Waals surface area (Å²) in [5, 5.41) is 0. The summed E-state index contributed by atoms with van der Waals surface area (Å²) >= 11 is -1.29. The molecule has 2 N–H and O–H groups in total. The Balaban J connectivity index is 1.73. The second-order valence-corrected chi connectivity index (χ2v) is 12.7. The third kappa shape index (κ3) is 5.05. The SMILES string of the molecule is Cc1ccc(-c2ccccc2/C(N)=N\[CH]([Pb][c]2ccccc2)c2ccccc2)cc1. The Morgan fingerprint density at radius 2 is 1.33 bits per heavy atom. The van der Waals surface area contributed by atoms with E-state index in [4.69, 9.17) is 10.7 Å². The summed E-state index contributed by atoms with van der Waals surface area (Å²) in [5.74, 6) is 0.614. The second kappa shape index (κ2) is 9.85. The Labute approximate surface area is 190 Å². The van der Waals surface area contributed by atoms with E-state index in [0.717, 1.165) is 16.7 Å². The molecule has 0 aliphatic rings. The summed E-state index contributed by atoms with van der Waals surface area (Å²) in [7, 11) is 0. The van der Waals surface area contributed by atoms with Gasteiger partial charge in [-0.3, -0.25) is 0 Å².